The number of fused-ring (bicyclic) bond motifs is 1. The zero-order chi connectivity index (χ0) is 17.0. The molecule has 5 nitrogen and oxygen atoms in total. The van der Waals surface area contributed by atoms with E-state index in [0.29, 0.717) is 18.9 Å². The molecule has 1 amide bonds. The SMILES string of the molecule is COC(=O)CCCc1ccc2c(c1)N(C(C)=O)CC(C(C)C)O2. The highest BCUT2D eigenvalue weighted by atomic mass is 16.5. The molecule has 0 spiro atoms. The quantitative estimate of drug-likeness (QED) is 0.783. The van der Waals surface area contributed by atoms with Crippen LogP contribution in [0.2, 0.25) is 0 Å². The third-order valence-electron chi connectivity index (χ3n) is 4.15. The van der Waals surface area contributed by atoms with Crippen LogP contribution in [0.5, 0.6) is 5.75 Å². The number of rotatable bonds is 5. The third-order valence-corrected chi connectivity index (χ3v) is 4.15. The second-order valence-electron chi connectivity index (χ2n) is 6.26. The largest absolute Gasteiger partial charge is 0.486 e. The number of nitrogens with zero attached hydrogens (tertiary/aromatic N) is 1. The Kier molecular flexibility index (Phi) is 5.64. The predicted molar refractivity (Wildman–Crippen MR) is 88.7 cm³/mol. The number of methoxy groups -OCH3 is 1. The van der Waals surface area contributed by atoms with Crippen molar-refractivity contribution in [2.24, 2.45) is 5.92 Å². The molecule has 0 bridgehead atoms. The number of carbonyl (C=O) groups excluding carboxylic acids is 2. The van der Waals surface area contributed by atoms with Gasteiger partial charge >= 0.3 is 5.97 Å². The molecule has 1 atom stereocenters. The van der Waals surface area contributed by atoms with Crippen molar-refractivity contribution in [2.75, 3.05) is 18.6 Å². The van der Waals surface area contributed by atoms with Crippen LogP contribution in [0.15, 0.2) is 18.2 Å². The van der Waals surface area contributed by atoms with E-state index in [-0.39, 0.29) is 18.0 Å². The van der Waals surface area contributed by atoms with Crippen molar-refractivity contribution < 1.29 is 19.1 Å². The van der Waals surface area contributed by atoms with Gasteiger partial charge in [-0.25, -0.2) is 0 Å². The van der Waals surface area contributed by atoms with Gasteiger partial charge in [0.15, 0.2) is 0 Å². The molecule has 1 aliphatic heterocycles. The van der Waals surface area contributed by atoms with Crippen molar-refractivity contribution in [1.29, 1.82) is 0 Å². The molecule has 1 unspecified atom stereocenters. The van der Waals surface area contributed by atoms with Crippen LogP contribution in [0.4, 0.5) is 5.69 Å². The van der Waals surface area contributed by atoms with Gasteiger partial charge in [-0.3, -0.25) is 9.59 Å². The maximum atomic E-state index is 12.0. The lowest BCUT2D eigenvalue weighted by molar-refractivity contribution is -0.140. The van der Waals surface area contributed by atoms with Crippen LogP contribution in [0.1, 0.15) is 39.2 Å². The molecule has 1 aromatic carbocycles. The van der Waals surface area contributed by atoms with E-state index < -0.39 is 0 Å². The van der Waals surface area contributed by atoms with E-state index in [2.05, 4.69) is 18.6 Å². The Hall–Kier alpha value is -2.04. The number of carbonyl (C=O) groups is 2. The summed E-state index contributed by atoms with van der Waals surface area (Å²) in [5.74, 6) is 0.912. The molecular formula is C18H25NO4. The van der Waals surface area contributed by atoms with Gasteiger partial charge in [-0.15, -0.1) is 0 Å². The van der Waals surface area contributed by atoms with Crippen LogP contribution in [-0.2, 0) is 20.7 Å². The number of amides is 1. The lowest BCUT2D eigenvalue weighted by Crippen LogP contribution is -2.44. The van der Waals surface area contributed by atoms with Crippen LogP contribution in [0.25, 0.3) is 0 Å². The van der Waals surface area contributed by atoms with Crippen LogP contribution in [0.3, 0.4) is 0 Å². The van der Waals surface area contributed by atoms with Crippen LogP contribution >= 0.6 is 0 Å². The van der Waals surface area contributed by atoms with Crippen molar-refractivity contribution >= 4 is 17.6 Å². The summed E-state index contributed by atoms with van der Waals surface area (Å²) in [5.41, 5.74) is 1.91. The topological polar surface area (TPSA) is 55.8 Å². The summed E-state index contributed by atoms with van der Waals surface area (Å²) < 4.78 is 10.7. The highest BCUT2D eigenvalue weighted by molar-refractivity contribution is 5.93. The molecule has 0 radical (unpaired) electrons. The van der Waals surface area contributed by atoms with Crippen molar-refractivity contribution in [1.82, 2.24) is 0 Å². The number of hydrogen-bond acceptors (Lipinski definition) is 4. The number of aryl methyl sites for hydroxylation is 1. The van der Waals surface area contributed by atoms with Crippen LogP contribution in [0, 0.1) is 5.92 Å². The van der Waals surface area contributed by atoms with Crippen molar-refractivity contribution in [2.45, 2.75) is 46.1 Å². The summed E-state index contributed by atoms with van der Waals surface area (Å²) in [7, 11) is 1.40. The lowest BCUT2D eigenvalue weighted by atomic mass is 10.0. The maximum Gasteiger partial charge on any atom is 0.305 e. The van der Waals surface area contributed by atoms with E-state index in [1.165, 1.54) is 7.11 Å². The fraction of sp³-hybridized carbons (Fsp3) is 0.556. The molecule has 2 rings (SSSR count). The summed E-state index contributed by atoms with van der Waals surface area (Å²) in [6, 6.07) is 5.91. The van der Waals surface area contributed by atoms with Gasteiger partial charge in [0, 0.05) is 13.3 Å². The first-order valence-electron chi connectivity index (χ1n) is 8.07. The van der Waals surface area contributed by atoms with Crippen LogP contribution < -0.4 is 9.64 Å². The van der Waals surface area contributed by atoms with E-state index in [1.54, 1.807) is 11.8 Å². The van der Waals surface area contributed by atoms with Gasteiger partial charge < -0.3 is 14.4 Å². The van der Waals surface area contributed by atoms with Gasteiger partial charge in [-0.2, -0.15) is 0 Å². The number of ether oxygens (including phenoxy) is 2. The molecule has 1 aromatic rings. The summed E-state index contributed by atoms with van der Waals surface area (Å²) in [6.45, 7) is 6.34. The molecule has 126 valence electrons. The monoisotopic (exact) mass is 319 g/mol. The Morgan fingerprint density at radius 2 is 2.13 bits per heavy atom. The first-order chi connectivity index (χ1) is 10.9. The van der Waals surface area contributed by atoms with Gasteiger partial charge in [-0.05, 0) is 36.5 Å². The highest BCUT2D eigenvalue weighted by Gasteiger charge is 2.30. The number of esters is 1. The van der Waals surface area contributed by atoms with Gasteiger partial charge in [0.05, 0.1) is 19.3 Å². The third kappa shape index (κ3) is 4.24. The van der Waals surface area contributed by atoms with Crippen molar-refractivity contribution in [3.05, 3.63) is 23.8 Å². The predicted octanol–water partition coefficient (Wildman–Crippen LogP) is 2.95. The summed E-state index contributed by atoms with van der Waals surface area (Å²) >= 11 is 0. The molecule has 0 aliphatic carbocycles. The average Bonchev–Trinajstić information content (AvgIpc) is 2.53. The Labute approximate surface area is 137 Å². The van der Waals surface area contributed by atoms with E-state index in [0.717, 1.165) is 29.8 Å². The van der Waals surface area contributed by atoms with Gasteiger partial charge in [-0.1, -0.05) is 19.9 Å². The van der Waals surface area contributed by atoms with Crippen LogP contribution in [-0.4, -0.2) is 31.6 Å². The fourth-order valence-electron chi connectivity index (χ4n) is 2.69. The summed E-state index contributed by atoms with van der Waals surface area (Å²) in [5, 5.41) is 0. The molecule has 1 heterocycles. The molecule has 0 fully saturated rings. The molecule has 1 aliphatic rings. The van der Waals surface area contributed by atoms with Gasteiger partial charge in [0.2, 0.25) is 5.91 Å². The molecule has 0 aromatic heterocycles. The minimum absolute atomic E-state index is 0.0107. The molecule has 5 heteroatoms. The minimum Gasteiger partial charge on any atom is -0.486 e. The average molecular weight is 319 g/mol. The lowest BCUT2D eigenvalue weighted by Gasteiger charge is -2.36. The first-order valence-corrected chi connectivity index (χ1v) is 8.07. The maximum absolute atomic E-state index is 12.0. The zero-order valence-electron chi connectivity index (χ0n) is 14.3. The first kappa shape index (κ1) is 17.3. The highest BCUT2D eigenvalue weighted by Crippen LogP contribution is 2.36. The number of anilines is 1. The molecule has 0 N–H and O–H groups in total. The smallest absolute Gasteiger partial charge is 0.305 e. The molecule has 0 saturated carbocycles. The van der Waals surface area contributed by atoms with E-state index in [9.17, 15) is 9.59 Å². The second-order valence-corrected chi connectivity index (χ2v) is 6.26. The van der Waals surface area contributed by atoms with Gasteiger partial charge in [0.25, 0.3) is 0 Å². The van der Waals surface area contributed by atoms with E-state index in [4.69, 9.17) is 4.74 Å². The number of benzene rings is 1. The fourth-order valence-corrected chi connectivity index (χ4v) is 2.69. The zero-order valence-corrected chi connectivity index (χ0v) is 14.3. The van der Waals surface area contributed by atoms with E-state index >= 15 is 0 Å². The minimum atomic E-state index is -0.198. The van der Waals surface area contributed by atoms with Gasteiger partial charge in [0.1, 0.15) is 11.9 Å². The molecule has 0 saturated heterocycles. The molecule has 23 heavy (non-hydrogen) atoms. The Morgan fingerprint density at radius 3 is 2.74 bits per heavy atom. The number of hydrogen-bond donors (Lipinski definition) is 0. The second kappa shape index (κ2) is 7.49. The van der Waals surface area contributed by atoms with Crippen molar-refractivity contribution in [3.8, 4) is 5.75 Å². The summed E-state index contributed by atoms with van der Waals surface area (Å²) in [4.78, 5) is 25.0. The standard InChI is InChI=1S/C18H25NO4/c1-12(2)17-11-19(13(3)20)15-10-14(8-9-16(15)23-17)6-5-7-18(21)22-4/h8-10,12,17H,5-7,11H2,1-4H3. The Balaban J connectivity index is 2.15. The Bertz CT molecular complexity index is 582. The van der Waals surface area contributed by atoms with Crippen molar-refractivity contribution in [3.63, 3.8) is 0 Å². The normalized spacial score (nSPS) is 16.7. The molecular weight excluding hydrogens is 294 g/mol. The Morgan fingerprint density at radius 1 is 1.39 bits per heavy atom. The summed E-state index contributed by atoms with van der Waals surface area (Å²) in [6.07, 6.45) is 1.90. The van der Waals surface area contributed by atoms with E-state index in [1.807, 2.05) is 18.2 Å².